The summed E-state index contributed by atoms with van der Waals surface area (Å²) in [5.74, 6) is -9.25. The molecule has 0 radical (unpaired) electrons. The summed E-state index contributed by atoms with van der Waals surface area (Å²) in [7, 11) is 0.982. The molecular formula is C45H47NO19S. The largest absolute Gasteiger partial charge is 0.465 e. The van der Waals surface area contributed by atoms with Crippen molar-refractivity contribution in [1.82, 2.24) is 4.90 Å². The van der Waals surface area contributed by atoms with Crippen LogP contribution in [0.15, 0.2) is 95.9 Å². The van der Waals surface area contributed by atoms with Crippen LogP contribution in [0, 0.1) is 0 Å². The highest BCUT2D eigenvalue weighted by atomic mass is 32.2. The molecule has 3 aliphatic rings. The number of aliphatic hydroxyl groups is 1. The van der Waals surface area contributed by atoms with Crippen LogP contribution >= 0.6 is 11.8 Å². The maximum absolute atomic E-state index is 14.1. The lowest BCUT2D eigenvalue weighted by Gasteiger charge is -2.48. The molecule has 20 nitrogen and oxygen atoms in total. The molecule has 11 atom stereocenters. The first-order valence-corrected chi connectivity index (χ1v) is 21.4. The Hall–Kier alpha value is -6.39. The molecule has 352 valence electrons. The van der Waals surface area contributed by atoms with Crippen molar-refractivity contribution in [2.75, 3.05) is 20.3 Å². The number of hydrogen-bond donors (Lipinski definition) is 1. The van der Waals surface area contributed by atoms with E-state index in [-0.39, 0.29) is 11.1 Å². The molecule has 66 heavy (non-hydrogen) atoms. The molecule has 2 amide bonds. The minimum Gasteiger partial charge on any atom is -0.465 e. The van der Waals surface area contributed by atoms with Crippen molar-refractivity contribution in [2.24, 2.45) is 0 Å². The zero-order chi connectivity index (χ0) is 47.7. The van der Waals surface area contributed by atoms with Crippen molar-refractivity contribution in [3.8, 4) is 0 Å². The molecule has 3 aromatic carbocycles. The van der Waals surface area contributed by atoms with Gasteiger partial charge in [-0.1, -0.05) is 66.4 Å². The predicted octanol–water partition coefficient (Wildman–Crippen LogP) is 3.15. The van der Waals surface area contributed by atoms with Crippen LogP contribution < -0.4 is 0 Å². The lowest BCUT2D eigenvalue weighted by atomic mass is 9.88. The van der Waals surface area contributed by atoms with Crippen LogP contribution in [0.25, 0.3) is 0 Å². The first-order valence-electron chi connectivity index (χ1n) is 20.5. The van der Waals surface area contributed by atoms with E-state index >= 15 is 0 Å². The van der Waals surface area contributed by atoms with E-state index in [4.69, 9.17) is 47.4 Å². The van der Waals surface area contributed by atoms with Gasteiger partial charge in [0.15, 0.2) is 24.4 Å². The quantitative estimate of drug-likeness (QED) is 0.160. The molecule has 3 aliphatic heterocycles. The Labute approximate surface area is 381 Å². The first kappa shape index (κ1) is 49.1. The molecule has 21 heteroatoms. The van der Waals surface area contributed by atoms with Crippen LogP contribution in [0.1, 0.15) is 54.8 Å². The lowest BCUT2D eigenvalue weighted by molar-refractivity contribution is -0.322. The second-order valence-electron chi connectivity index (χ2n) is 15.1. The van der Waals surface area contributed by atoms with Crippen LogP contribution in [-0.4, -0.2) is 144 Å². The SMILES string of the molecule is COC(=O)[C@@]1(OC[C@H]2O[C@@H](Sc3ccccc3)[C@H](OC(=O)c3ccccc3)[C@@H](OC(=O)c3ccccc3)[C@H]2O)C[C@@H]2OC(=O)N(C(C)=O)[C@H]2[C@H]([C@@H](OC(C)=O)[C@H](COC(C)=O)OC(C)=O)O1. The summed E-state index contributed by atoms with van der Waals surface area (Å²) in [6.45, 7) is 2.58. The fraction of sp³-hybridized carbons (Fsp3) is 0.422. The number of carbonyl (C=O) groups excluding carboxylic acids is 8. The van der Waals surface area contributed by atoms with E-state index in [0.29, 0.717) is 9.80 Å². The number of nitrogens with zero attached hydrogens (tertiary/aromatic N) is 1. The second-order valence-corrected chi connectivity index (χ2v) is 16.3. The van der Waals surface area contributed by atoms with Crippen molar-refractivity contribution >= 4 is 59.6 Å². The highest BCUT2D eigenvalue weighted by molar-refractivity contribution is 7.99. The Morgan fingerprint density at radius 3 is 1.88 bits per heavy atom. The van der Waals surface area contributed by atoms with E-state index in [1.807, 2.05) is 0 Å². The van der Waals surface area contributed by atoms with E-state index < -0.39 is 134 Å². The molecule has 3 aromatic rings. The number of rotatable bonds is 16. The Balaban J connectivity index is 1.40. The maximum atomic E-state index is 14.1. The van der Waals surface area contributed by atoms with Gasteiger partial charge in [-0.3, -0.25) is 19.2 Å². The topological polar surface area (TPSA) is 252 Å². The van der Waals surface area contributed by atoms with E-state index in [0.717, 1.165) is 46.6 Å². The van der Waals surface area contributed by atoms with Crippen LogP contribution in [0.2, 0.25) is 0 Å². The summed E-state index contributed by atoms with van der Waals surface area (Å²) in [5.41, 5.74) is -1.01. The number of hydrogen-bond acceptors (Lipinski definition) is 20. The molecule has 3 saturated heterocycles. The minimum atomic E-state index is -2.66. The third-order valence-corrected chi connectivity index (χ3v) is 11.6. The van der Waals surface area contributed by atoms with Crippen molar-refractivity contribution < 1.29 is 90.8 Å². The summed E-state index contributed by atoms with van der Waals surface area (Å²) < 4.78 is 57.9. The van der Waals surface area contributed by atoms with Gasteiger partial charge in [0.05, 0.1) is 31.3 Å². The summed E-state index contributed by atoms with van der Waals surface area (Å²) in [6.07, 6.45) is -15.2. The Bertz CT molecular complexity index is 2250. The molecule has 0 aromatic heterocycles. The van der Waals surface area contributed by atoms with E-state index in [1.165, 1.54) is 24.3 Å². The number of thioether (sulfide) groups is 1. The smallest absolute Gasteiger partial charge is 0.417 e. The fourth-order valence-corrected chi connectivity index (χ4v) is 8.75. The molecule has 0 aliphatic carbocycles. The Morgan fingerprint density at radius 1 is 0.788 bits per heavy atom. The zero-order valence-corrected chi connectivity index (χ0v) is 37.0. The van der Waals surface area contributed by atoms with E-state index in [2.05, 4.69) is 0 Å². The van der Waals surface area contributed by atoms with Gasteiger partial charge in [-0.25, -0.2) is 24.1 Å². The van der Waals surface area contributed by atoms with Crippen LogP contribution in [0.4, 0.5) is 4.79 Å². The van der Waals surface area contributed by atoms with Crippen LogP contribution in [-0.2, 0) is 71.3 Å². The van der Waals surface area contributed by atoms with E-state index in [1.54, 1.807) is 66.7 Å². The van der Waals surface area contributed by atoms with Gasteiger partial charge in [-0.2, -0.15) is 0 Å². The third-order valence-electron chi connectivity index (χ3n) is 10.5. The van der Waals surface area contributed by atoms with Gasteiger partial charge in [0, 0.05) is 32.6 Å². The first-order chi connectivity index (χ1) is 31.5. The molecule has 0 saturated carbocycles. The fourth-order valence-electron chi connectivity index (χ4n) is 7.63. The van der Waals surface area contributed by atoms with Crippen molar-refractivity contribution in [1.29, 1.82) is 0 Å². The standard InChI is InChI=1S/C45H47NO19S/c1-24(47)46-34-31(62-44(46)55)21-45(43(54)56-5,65-37(34)36(60-27(4)50)33(59-26(3)49)22-57-25(2)48)58-23-32-35(51)38(63-40(52)28-15-9-6-10-16-28)39(64-41(53)29-17-11-7-12-18-29)42(61-32)66-30-19-13-8-14-20-30/h6-20,31-39,42,51H,21-23H2,1-5H3/t31-,32+,33-,34+,35-,36-,37+,38-,39+,42-,45+/m0/s1. The molecule has 0 bridgehead atoms. The number of carbonyl (C=O) groups is 8. The number of fused-ring (bicyclic) bond motifs is 1. The van der Waals surface area contributed by atoms with Gasteiger partial charge in [-0.15, -0.1) is 0 Å². The number of imide groups is 1. The molecule has 3 fully saturated rings. The van der Waals surface area contributed by atoms with Gasteiger partial charge in [0.25, 0.3) is 5.79 Å². The number of aliphatic hydroxyl groups excluding tert-OH is 1. The average molecular weight is 938 g/mol. The average Bonchev–Trinajstić information content (AvgIpc) is 3.64. The van der Waals surface area contributed by atoms with Crippen molar-refractivity contribution in [3.05, 3.63) is 102 Å². The van der Waals surface area contributed by atoms with Gasteiger partial charge in [-0.05, 0) is 36.4 Å². The van der Waals surface area contributed by atoms with E-state index in [9.17, 15) is 43.5 Å². The number of amides is 2. The molecule has 1 N–H and O–H groups in total. The molecule has 0 spiro atoms. The van der Waals surface area contributed by atoms with Crippen molar-refractivity contribution in [2.45, 2.75) is 105 Å². The summed E-state index contributed by atoms with van der Waals surface area (Å²) in [6, 6.07) is 23.0. The van der Waals surface area contributed by atoms with Gasteiger partial charge in [0.1, 0.15) is 42.5 Å². The number of methoxy groups -OCH3 is 1. The minimum absolute atomic E-state index is 0.0963. The predicted molar refractivity (Wildman–Crippen MR) is 223 cm³/mol. The van der Waals surface area contributed by atoms with Gasteiger partial charge < -0.3 is 52.5 Å². The summed E-state index contributed by atoms with van der Waals surface area (Å²) in [4.78, 5) is 106. The van der Waals surface area contributed by atoms with Crippen LogP contribution in [0.5, 0.6) is 0 Å². The molecule has 3 heterocycles. The second kappa shape index (κ2) is 21.7. The molecule has 6 rings (SSSR count). The Morgan fingerprint density at radius 2 is 1.35 bits per heavy atom. The van der Waals surface area contributed by atoms with Gasteiger partial charge >= 0.3 is 41.9 Å². The molecule has 0 unspecified atom stereocenters. The summed E-state index contributed by atoms with van der Waals surface area (Å²) in [5, 5.41) is 12.2. The zero-order valence-electron chi connectivity index (χ0n) is 36.2. The maximum Gasteiger partial charge on any atom is 0.417 e. The highest BCUT2D eigenvalue weighted by Crippen LogP contribution is 2.43. The normalized spacial score (nSPS) is 26.6. The monoisotopic (exact) mass is 937 g/mol. The number of ether oxygens (including phenoxy) is 10. The van der Waals surface area contributed by atoms with Crippen molar-refractivity contribution in [3.63, 3.8) is 0 Å². The lowest BCUT2D eigenvalue weighted by Crippen LogP contribution is -2.67. The Kier molecular flexibility index (Phi) is 16.2. The highest BCUT2D eigenvalue weighted by Gasteiger charge is 2.65. The molecular weight excluding hydrogens is 891 g/mol. The van der Waals surface area contributed by atoms with Crippen LogP contribution in [0.3, 0.4) is 0 Å². The summed E-state index contributed by atoms with van der Waals surface area (Å²) >= 11 is 1.05. The number of benzene rings is 3. The number of esters is 6. The van der Waals surface area contributed by atoms with Gasteiger partial charge in [0.2, 0.25) is 5.91 Å². The third kappa shape index (κ3) is 11.5.